The predicted octanol–water partition coefficient (Wildman–Crippen LogP) is -0.792. The Labute approximate surface area is 111 Å². The van der Waals surface area contributed by atoms with Gasteiger partial charge in [0.05, 0.1) is 13.2 Å². The summed E-state index contributed by atoms with van der Waals surface area (Å²) in [4.78, 5) is 0. The lowest BCUT2D eigenvalue weighted by Crippen LogP contribution is -2.63. The Morgan fingerprint density at radius 3 is 2.53 bits per heavy atom. The van der Waals surface area contributed by atoms with Gasteiger partial charge < -0.3 is 30.5 Å². The summed E-state index contributed by atoms with van der Waals surface area (Å²) in [5.41, 5.74) is 1.87. The monoisotopic (exact) mass is 269 g/mol. The van der Waals surface area contributed by atoms with Gasteiger partial charge in [-0.25, -0.2) is 0 Å². The van der Waals surface area contributed by atoms with Crippen molar-refractivity contribution in [3.8, 4) is 0 Å². The van der Waals surface area contributed by atoms with Crippen LogP contribution in [0.25, 0.3) is 0 Å². The second-order valence-corrected chi connectivity index (χ2v) is 4.88. The van der Waals surface area contributed by atoms with E-state index in [-0.39, 0.29) is 13.2 Å². The number of ether oxygens (including phenoxy) is 1. The van der Waals surface area contributed by atoms with E-state index >= 15 is 0 Å². The highest BCUT2D eigenvalue weighted by Gasteiger charge is 2.48. The zero-order valence-electron chi connectivity index (χ0n) is 10.7. The van der Waals surface area contributed by atoms with Gasteiger partial charge >= 0.3 is 0 Å². The highest BCUT2D eigenvalue weighted by molar-refractivity contribution is 5.44. The summed E-state index contributed by atoms with van der Waals surface area (Å²) in [6.45, 7) is 1.63. The molecule has 6 nitrogen and oxygen atoms in total. The maximum Gasteiger partial charge on any atom is 0.212 e. The van der Waals surface area contributed by atoms with Crippen LogP contribution in [0.2, 0.25) is 0 Å². The van der Waals surface area contributed by atoms with Gasteiger partial charge in [-0.1, -0.05) is 17.7 Å². The largest absolute Gasteiger partial charge is 0.388 e. The molecular formula is C13H19NO5. The molecule has 1 aliphatic heterocycles. The molecule has 0 aliphatic carbocycles. The first kappa shape index (κ1) is 14.2. The molecule has 0 radical (unpaired) electrons. The van der Waals surface area contributed by atoms with Crippen molar-refractivity contribution in [3.63, 3.8) is 0 Å². The van der Waals surface area contributed by atoms with E-state index in [2.05, 4.69) is 5.32 Å². The topological polar surface area (TPSA) is 102 Å². The maximum atomic E-state index is 10.1. The van der Waals surface area contributed by atoms with Gasteiger partial charge in [-0.05, 0) is 19.1 Å². The van der Waals surface area contributed by atoms with Crippen molar-refractivity contribution in [2.24, 2.45) is 0 Å². The number of aryl methyl sites for hydroxylation is 1. The number of aliphatic hydroxyl groups excluding tert-OH is 3. The highest BCUT2D eigenvalue weighted by atomic mass is 16.6. The van der Waals surface area contributed by atoms with E-state index in [9.17, 15) is 20.4 Å². The van der Waals surface area contributed by atoms with E-state index in [4.69, 9.17) is 4.74 Å². The fourth-order valence-electron chi connectivity index (χ4n) is 1.95. The van der Waals surface area contributed by atoms with Crippen LogP contribution in [0.1, 0.15) is 5.56 Å². The molecule has 1 aliphatic rings. The third-order valence-electron chi connectivity index (χ3n) is 3.28. The molecule has 1 saturated heterocycles. The van der Waals surface area contributed by atoms with Crippen LogP contribution in [0, 0.1) is 6.92 Å². The SMILES string of the molecule is Cc1ccc(NCC2(O)OCC(O)C(O)C2O)cc1. The summed E-state index contributed by atoms with van der Waals surface area (Å²) >= 11 is 0. The second-order valence-electron chi connectivity index (χ2n) is 4.88. The fourth-order valence-corrected chi connectivity index (χ4v) is 1.95. The van der Waals surface area contributed by atoms with E-state index in [0.717, 1.165) is 11.3 Å². The van der Waals surface area contributed by atoms with Crippen molar-refractivity contribution in [1.29, 1.82) is 0 Å². The molecule has 1 heterocycles. The molecule has 0 aromatic heterocycles. The quantitative estimate of drug-likeness (QED) is 0.493. The normalized spacial score (nSPS) is 35.1. The third kappa shape index (κ3) is 3.05. The smallest absolute Gasteiger partial charge is 0.212 e. The van der Waals surface area contributed by atoms with Crippen molar-refractivity contribution in [2.75, 3.05) is 18.5 Å². The highest BCUT2D eigenvalue weighted by Crippen LogP contribution is 2.24. The average molecular weight is 269 g/mol. The van der Waals surface area contributed by atoms with Gasteiger partial charge in [-0.3, -0.25) is 0 Å². The van der Waals surface area contributed by atoms with Crippen molar-refractivity contribution in [1.82, 2.24) is 0 Å². The molecule has 0 amide bonds. The second kappa shape index (κ2) is 5.44. The first-order chi connectivity index (χ1) is 8.92. The first-order valence-corrected chi connectivity index (χ1v) is 6.13. The Kier molecular flexibility index (Phi) is 4.07. The zero-order chi connectivity index (χ0) is 14.0. The van der Waals surface area contributed by atoms with Gasteiger partial charge in [-0.2, -0.15) is 0 Å². The van der Waals surface area contributed by atoms with E-state index in [1.54, 1.807) is 0 Å². The Bertz CT molecular complexity index is 424. The number of anilines is 1. The number of rotatable bonds is 3. The first-order valence-electron chi connectivity index (χ1n) is 6.13. The van der Waals surface area contributed by atoms with Gasteiger partial charge in [-0.15, -0.1) is 0 Å². The molecule has 1 aromatic rings. The maximum absolute atomic E-state index is 10.1. The van der Waals surface area contributed by atoms with E-state index < -0.39 is 24.1 Å². The summed E-state index contributed by atoms with van der Waals surface area (Å²) < 4.78 is 5.04. The van der Waals surface area contributed by atoms with E-state index in [0.29, 0.717) is 0 Å². The number of hydrogen-bond acceptors (Lipinski definition) is 6. The van der Waals surface area contributed by atoms with Crippen LogP contribution in [-0.4, -0.2) is 57.7 Å². The van der Waals surface area contributed by atoms with Gasteiger partial charge in [0, 0.05) is 5.69 Å². The lowest BCUT2D eigenvalue weighted by atomic mass is 9.97. The minimum Gasteiger partial charge on any atom is -0.388 e. The Morgan fingerprint density at radius 2 is 1.89 bits per heavy atom. The van der Waals surface area contributed by atoms with Crippen LogP contribution in [0.4, 0.5) is 5.69 Å². The van der Waals surface area contributed by atoms with Gasteiger partial charge in [0.25, 0.3) is 0 Å². The summed E-state index contributed by atoms with van der Waals surface area (Å²) in [5, 5.41) is 41.7. The molecule has 0 saturated carbocycles. The molecule has 5 N–H and O–H groups in total. The van der Waals surface area contributed by atoms with Crippen LogP contribution >= 0.6 is 0 Å². The Hall–Kier alpha value is -1.18. The van der Waals surface area contributed by atoms with Gasteiger partial charge in [0.2, 0.25) is 5.79 Å². The lowest BCUT2D eigenvalue weighted by molar-refractivity contribution is -0.313. The van der Waals surface area contributed by atoms with Crippen LogP contribution in [0.15, 0.2) is 24.3 Å². The lowest BCUT2D eigenvalue weighted by Gasteiger charge is -2.41. The van der Waals surface area contributed by atoms with Crippen LogP contribution in [0.3, 0.4) is 0 Å². The number of hydrogen-bond donors (Lipinski definition) is 5. The third-order valence-corrected chi connectivity index (χ3v) is 3.28. The van der Waals surface area contributed by atoms with Crippen LogP contribution in [0.5, 0.6) is 0 Å². The average Bonchev–Trinajstić information content (AvgIpc) is 2.41. The molecule has 1 fully saturated rings. The fraction of sp³-hybridized carbons (Fsp3) is 0.538. The van der Waals surface area contributed by atoms with E-state index in [1.165, 1.54) is 0 Å². The summed E-state index contributed by atoms with van der Waals surface area (Å²) in [6, 6.07) is 7.48. The Morgan fingerprint density at radius 1 is 1.26 bits per heavy atom. The van der Waals surface area contributed by atoms with Crippen molar-refractivity contribution in [3.05, 3.63) is 29.8 Å². The number of benzene rings is 1. The standard InChI is InChI=1S/C13H19NO5/c1-8-2-4-9(5-3-8)14-7-13(18)12(17)11(16)10(15)6-19-13/h2-5,10-12,14-18H,6-7H2,1H3. The summed E-state index contributed by atoms with van der Waals surface area (Å²) in [5.74, 6) is -1.93. The zero-order valence-corrected chi connectivity index (χ0v) is 10.7. The van der Waals surface area contributed by atoms with Crippen molar-refractivity contribution < 1.29 is 25.2 Å². The molecule has 106 valence electrons. The minimum atomic E-state index is -1.93. The molecule has 19 heavy (non-hydrogen) atoms. The molecular weight excluding hydrogens is 250 g/mol. The van der Waals surface area contributed by atoms with Crippen LogP contribution in [-0.2, 0) is 4.74 Å². The summed E-state index contributed by atoms with van der Waals surface area (Å²) in [6.07, 6.45) is -4.21. The molecule has 0 spiro atoms. The minimum absolute atomic E-state index is 0.0962. The molecule has 6 heteroatoms. The Balaban J connectivity index is 1.99. The molecule has 2 rings (SSSR count). The van der Waals surface area contributed by atoms with Crippen LogP contribution < -0.4 is 5.32 Å². The molecule has 0 bridgehead atoms. The number of nitrogens with one attached hydrogen (secondary N) is 1. The van der Waals surface area contributed by atoms with Gasteiger partial charge in [0.15, 0.2) is 0 Å². The molecule has 4 atom stereocenters. The van der Waals surface area contributed by atoms with E-state index in [1.807, 2.05) is 31.2 Å². The van der Waals surface area contributed by atoms with Crippen molar-refractivity contribution in [2.45, 2.75) is 31.0 Å². The molecule has 4 unspecified atom stereocenters. The summed E-state index contributed by atoms with van der Waals surface area (Å²) in [7, 11) is 0. The predicted molar refractivity (Wildman–Crippen MR) is 68.6 cm³/mol. The van der Waals surface area contributed by atoms with Gasteiger partial charge in [0.1, 0.15) is 18.3 Å². The van der Waals surface area contributed by atoms with Crippen molar-refractivity contribution >= 4 is 5.69 Å². The number of aliphatic hydroxyl groups is 4. The molecule has 1 aromatic carbocycles.